The van der Waals surface area contributed by atoms with E-state index in [2.05, 4.69) is 4.74 Å². The van der Waals surface area contributed by atoms with Gasteiger partial charge in [-0.05, 0) is 55.2 Å². The summed E-state index contributed by atoms with van der Waals surface area (Å²) >= 11 is 0. The minimum atomic E-state index is -4.69. The summed E-state index contributed by atoms with van der Waals surface area (Å²) in [6.07, 6.45) is 0.683. The average Bonchev–Trinajstić information content (AvgIpc) is 3.23. The molecule has 5 heteroatoms. The fourth-order valence-electron chi connectivity index (χ4n) is 2.62. The lowest BCUT2D eigenvalue weighted by atomic mass is 10.0. The second-order valence-corrected chi connectivity index (χ2v) is 6.01. The van der Waals surface area contributed by atoms with E-state index in [9.17, 15) is 13.2 Å². The maximum absolute atomic E-state index is 12.6. The number of ether oxygens (including phenoxy) is 2. The molecule has 0 aliphatic heterocycles. The molecule has 0 N–H and O–H groups in total. The van der Waals surface area contributed by atoms with Crippen LogP contribution in [-0.4, -0.2) is 13.0 Å². The molecule has 0 atom stereocenters. The zero-order valence-corrected chi connectivity index (χ0v) is 12.0. The van der Waals surface area contributed by atoms with E-state index >= 15 is 0 Å². The summed E-state index contributed by atoms with van der Waals surface area (Å²) in [4.78, 5) is 0. The van der Waals surface area contributed by atoms with E-state index in [0.717, 1.165) is 24.8 Å². The predicted octanol–water partition coefficient (Wildman–Crippen LogP) is 4.95. The number of benzene rings is 1. The molecule has 116 valence electrons. The fourth-order valence-corrected chi connectivity index (χ4v) is 2.62. The fraction of sp³-hybridized carbons (Fsp3) is 0.625. The Labute approximate surface area is 122 Å². The Balaban J connectivity index is 1.79. The van der Waals surface area contributed by atoms with Crippen molar-refractivity contribution in [3.63, 3.8) is 0 Å². The van der Waals surface area contributed by atoms with Gasteiger partial charge < -0.3 is 9.47 Å². The van der Waals surface area contributed by atoms with Crippen LogP contribution in [0.5, 0.6) is 11.5 Å². The Hall–Kier alpha value is -1.39. The van der Waals surface area contributed by atoms with Gasteiger partial charge in [-0.3, -0.25) is 0 Å². The summed E-state index contributed by atoms with van der Waals surface area (Å²) < 4.78 is 47.7. The van der Waals surface area contributed by atoms with Crippen molar-refractivity contribution < 1.29 is 22.6 Å². The normalized spacial score (nSPS) is 18.7. The van der Waals surface area contributed by atoms with E-state index in [4.69, 9.17) is 4.74 Å². The Morgan fingerprint density at radius 2 is 1.86 bits per heavy atom. The highest BCUT2D eigenvalue weighted by molar-refractivity contribution is 5.52. The molecular formula is C16H19F3O2. The van der Waals surface area contributed by atoms with Gasteiger partial charge in [-0.15, -0.1) is 13.2 Å². The molecular weight excluding hydrogens is 281 g/mol. The topological polar surface area (TPSA) is 18.5 Å². The third-order valence-corrected chi connectivity index (χ3v) is 4.13. The number of hydrogen-bond donors (Lipinski definition) is 0. The highest BCUT2D eigenvalue weighted by Crippen LogP contribution is 2.47. The summed E-state index contributed by atoms with van der Waals surface area (Å²) in [5.74, 6) is 1.10. The van der Waals surface area contributed by atoms with Gasteiger partial charge >= 0.3 is 6.36 Å². The molecule has 0 aromatic heterocycles. The lowest BCUT2D eigenvalue weighted by molar-refractivity contribution is -0.275. The molecule has 1 aromatic carbocycles. The Bertz CT molecular complexity index is 517. The quantitative estimate of drug-likeness (QED) is 0.740. The van der Waals surface area contributed by atoms with Crippen LogP contribution in [0.15, 0.2) is 12.1 Å². The van der Waals surface area contributed by atoms with Crippen LogP contribution in [-0.2, 0) is 0 Å². The van der Waals surface area contributed by atoms with Crippen molar-refractivity contribution in [2.24, 2.45) is 5.92 Å². The van der Waals surface area contributed by atoms with Crippen molar-refractivity contribution >= 4 is 0 Å². The Kier molecular flexibility index (Phi) is 3.76. The summed E-state index contributed by atoms with van der Waals surface area (Å²) in [7, 11) is 0. The van der Waals surface area contributed by atoms with Crippen LogP contribution in [0, 0.1) is 12.8 Å². The Morgan fingerprint density at radius 1 is 1.14 bits per heavy atom. The molecule has 1 aromatic rings. The molecule has 2 aliphatic rings. The van der Waals surface area contributed by atoms with E-state index in [-0.39, 0.29) is 11.5 Å². The summed E-state index contributed by atoms with van der Waals surface area (Å²) in [5, 5.41) is 0. The third-order valence-electron chi connectivity index (χ3n) is 4.13. The first-order valence-electron chi connectivity index (χ1n) is 7.46. The van der Waals surface area contributed by atoms with Crippen LogP contribution in [0.3, 0.4) is 0 Å². The number of hydrogen-bond acceptors (Lipinski definition) is 2. The molecule has 0 heterocycles. The molecule has 0 radical (unpaired) electrons. The zero-order valence-electron chi connectivity index (χ0n) is 12.0. The van der Waals surface area contributed by atoms with Crippen LogP contribution in [0.2, 0.25) is 0 Å². The number of alkyl halides is 3. The van der Waals surface area contributed by atoms with Gasteiger partial charge in [-0.2, -0.15) is 0 Å². The second kappa shape index (κ2) is 5.43. The van der Waals surface area contributed by atoms with Crippen molar-refractivity contribution in [1.29, 1.82) is 0 Å². The molecule has 2 fully saturated rings. The van der Waals surface area contributed by atoms with Crippen molar-refractivity contribution in [2.45, 2.75) is 51.3 Å². The second-order valence-electron chi connectivity index (χ2n) is 6.01. The van der Waals surface area contributed by atoms with Crippen LogP contribution >= 0.6 is 0 Å². The average molecular weight is 300 g/mol. The lowest BCUT2D eigenvalue weighted by Gasteiger charge is -2.18. The number of rotatable bonds is 6. The van der Waals surface area contributed by atoms with Gasteiger partial charge in [0, 0.05) is 0 Å². The first kappa shape index (κ1) is 14.5. The van der Waals surface area contributed by atoms with Gasteiger partial charge in [-0.1, -0.05) is 18.9 Å². The molecule has 3 rings (SSSR count). The molecule has 0 bridgehead atoms. The summed E-state index contributed by atoms with van der Waals surface area (Å²) in [5.41, 5.74) is 1.50. The van der Waals surface area contributed by atoms with Gasteiger partial charge in [0.15, 0.2) is 11.5 Å². The van der Waals surface area contributed by atoms with Crippen molar-refractivity contribution in [3.8, 4) is 11.5 Å². The van der Waals surface area contributed by atoms with Crippen molar-refractivity contribution in [2.75, 3.05) is 6.61 Å². The molecule has 21 heavy (non-hydrogen) atoms. The van der Waals surface area contributed by atoms with Gasteiger partial charge in [0.25, 0.3) is 0 Å². The largest absolute Gasteiger partial charge is 0.573 e. The third kappa shape index (κ3) is 3.83. The molecule has 2 saturated carbocycles. The maximum atomic E-state index is 12.6. The minimum Gasteiger partial charge on any atom is -0.490 e. The standard InChI is InChI=1S/C16H19F3O2/c1-10-13(12-4-5-12)6-7-14(15(10)21-16(17,18)19)20-9-8-11-2-3-11/h6-7,11-12H,2-5,8-9H2,1H3. The Morgan fingerprint density at radius 3 is 2.43 bits per heavy atom. The summed E-state index contributed by atoms with van der Waals surface area (Å²) in [6.45, 7) is 2.13. The molecule has 0 saturated heterocycles. The van der Waals surface area contributed by atoms with Crippen LogP contribution < -0.4 is 9.47 Å². The van der Waals surface area contributed by atoms with Gasteiger partial charge in [0.05, 0.1) is 6.61 Å². The van der Waals surface area contributed by atoms with E-state index in [1.54, 1.807) is 13.0 Å². The van der Waals surface area contributed by atoms with E-state index < -0.39 is 6.36 Å². The molecule has 0 spiro atoms. The SMILES string of the molecule is Cc1c(C2CC2)ccc(OCCC2CC2)c1OC(F)(F)F. The smallest absolute Gasteiger partial charge is 0.490 e. The molecule has 2 aliphatic carbocycles. The molecule has 0 amide bonds. The van der Waals surface area contributed by atoms with Gasteiger partial charge in [-0.25, -0.2) is 0 Å². The molecule has 2 nitrogen and oxygen atoms in total. The lowest BCUT2D eigenvalue weighted by Crippen LogP contribution is -2.19. The minimum absolute atomic E-state index is 0.164. The zero-order chi connectivity index (χ0) is 15.0. The highest BCUT2D eigenvalue weighted by Gasteiger charge is 2.35. The molecule has 0 unspecified atom stereocenters. The monoisotopic (exact) mass is 300 g/mol. The van der Waals surface area contributed by atoms with Crippen LogP contribution in [0.25, 0.3) is 0 Å². The van der Waals surface area contributed by atoms with E-state index in [0.29, 0.717) is 24.0 Å². The van der Waals surface area contributed by atoms with Crippen LogP contribution in [0.4, 0.5) is 13.2 Å². The first-order valence-corrected chi connectivity index (χ1v) is 7.46. The van der Waals surface area contributed by atoms with Crippen molar-refractivity contribution in [1.82, 2.24) is 0 Å². The van der Waals surface area contributed by atoms with E-state index in [1.807, 2.05) is 6.07 Å². The highest BCUT2D eigenvalue weighted by atomic mass is 19.4. The predicted molar refractivity (Wildman–Crippen MR) is 72.7 cm³/mol. The van der Waals surface area contributed by atoms with Gasteiger partial charge in [0.2, 0.25) is 0 Å². The van der Waals surface area contributed by atoms with Gasteiger partial charge in [0.1, 0.15) is 0 Å². The van der Waals surface area contributed by atoms with Crippen LogP contribution in [0.1, 0.15) is 49.1 Å². The summed E-state index contributed by atoms with van der Waals surface area (Å²) in [6, 6.07) is 3.50. The van der Waals surface area contributed by atoms with E-state index in [1.165, 1.54) is 12.8 Å². The first-order chi connectivity index (χ1) is 9.94. The maximum Gasteiger partial charge on any atom is 0.573 e. The van der Waals surface area contributed by atoms with Crippen molar-refractivity contribution in [3.05, 3.63) is 23.3 Å². The number of halogens is 3.